The molecule has 0 radical (unpaired) electrons. The van der Waals surface area contributed by atoms with Crippen LogP contribution in [-0.4, -0.2) is 36.5 Å². The minimum absolute atomic E-state index is 0.0142. The molecule has 0 bridgehead atoms. The molecule has 0 fully saturated rings. The molecule has 3 rings (SSSR count). The molecule has 8 nitrogen and oxygen atoms in total. The highest BCUT2D eigenvalue weighted by atomic mass is 16.2. The summed E-state index contributed by atoms with van der Waals surface area (Å²) in [5, 5.41) is 15.3. The van der Waals surface area contributed by atoms with Crippen LogP contribution in [0.4, 0.5) is 0 Å². The fourth-order valence-corrected chi connectivity index (χ4v) is 2.65. The third-order valence-corrected chi connectivity index (χ3v) is 3.87. The van der Waals surface area contributed by atoms with Crippen LogP contribution in [0, 0.1) is 0 Å². The summed E-state index contributed by atoms with van der Waals surface area (Å²) < 4.78 is 3.23. The predicted octanol–water partition coefficient (Wildman–Crippen LogP) is -0.321. The van der Waals surface area contributed by atoms with Gasteiger partial charge in [0.25, 0.3) is 11.5 Å². The average Bonchev–Trinajstić information content (AvgIpc) is 2.92. The largest absolute Gasteiger partial charge is 0.346 e. The maximum Gasteiger partial charge on any atom is 0.272 e. The normalized spacial score (nSPS) is 17.1. The first-order chi connectivity index (χ1) is 10.6. The van der Waals surface area contributed by atoms with Gasteiger partial charge in [-0.3, -0.25) is 9.59 Å². The number of amides is 1. The van der Waals surface area contributed by atoms with Crippen LogP contribution >= 0.6 is 0 Å². The number of hydrogen-bond donors (Lipinski definition) is 1. The first-order valence-electron chi connectivity index (χ1n) is 7.34. The number of aromatic nitrogens is 5. The summed E-state index contributed by atoms with van der Waals surface area (Å²) in [6.45, 7) is 2.71. The van der Waals surface area contributed by atoms with Gasteiger partial charge >= 0.3 is 0 Å². The van der Waals surface area contributed by atoms with Crippen molar-refractivity contribution < 1.29 is 4.79 Å². The van der Waals surface area contributed by atoms with Crippen LogP contribution in [0.5, 0.6) is 0 Å². The Balaban J connectivity index is 1.72. The number of fused-ring (bicyclic) bond motifs is 1. The van der Waals surface area contributed by atoms with E-state index in [0.717, 1.165) is 35.6 Å². The summed E-state index contributed by atoms with van der Waals surface area (Å²) in [5.74, 6) is 1.65. The quantitative estimate of drug-likeness (QED) is 0.838. The van der Waals surface area contributed by atoms with E-state index in [1.807, 2.05) is 6.92 Å². The van der Waals surface area contributed by atoms with Crippen LogP contribution in [0.25, 0.3) is 0 Å². The van der Waals surface area contributed by atoms with Crippen LogP contribution in [0.3, 0.4) is 0 Å². The maximum atomic E-state index is 12.3. The van der Waals surface area contributed by atoms with E-state index >= 15 is 0 Å². The van der Waals surface area contributed by atoms with E-state index in [9.17, 15) is 9.59 Å². The number of carbonyl (C=O) groups is 1. The second kappa shape index (κ2) is 5.70. The lowest BCUT2D eigenvalue weighted by molar-refractivity contribution is 0.0920. The molecule has 0 saturated heterocycles. The molecule has 1 unspecified atom stereocenters. The Labute approximate surface area is 127 Å². The zero-order valence-electron chi connectivity index (χ0n) is 12.6. The standard InChI is InChI=1S/C14H18N6O2/c1-3-11-16-17-12-6-4-9(8-20(11)12)15-14(22)10-5-7-13(21)19(2)18-10/h5,7,9H,3-4,6,8H2,1-2H3,(H,15,22). The number of nitrogens with one attached hydrogen (secondary N) is 1. The Hall–Kier alpha value is -2.51. The summed E-state index contributed by atoms with van der Waals surface area (Å²) in [6.07, 6.45) is 2.42. The molecular formula is C14H18N6O2. The first-order valence-corrected chi connectivity index (χ1v) is 7.34. The number of carbonyl (C=O) groups excluding carboxylic acids is 1. The van der Waals surface area contributed by atoms with Crippen molar-refractivity contribution in [3.8, 4) is 0 Å². The molecular weight excluding hydrogens is 284 g/mol. The van der Waals surface area contributed by atoms with Crippen LogP contribution < -0.4 is 10.9 Å². The highest BCUT2D eigenvalue weighted by Gasteiger charge is 2.24. The van der Waals surface area contributed by atoms with Crippen molar-refractivity contribution in [2.24, 2.45) is 7.05 Å². The van der Waals surface area contributed by atoms with Crippen molar-refractivity contribution in [2.75, 3.05) is 0 Å². The van der Waals surface area contributed by atoms with Gasteiger partial charge < -0.3 is 9.88 Å². The van der Waals surface area contributed by atoms with E-state index in [4.69, 9.17) is 0 Å². The molecule has 0 spiro atoms. The molecule has 2 aromatic rings. The smallest absolute Gasteiger partial charge is 0.272 e. The van der Waals surface area contributed by atoms with Crippen molar-refractivity contribution in [1.82, 2.24) is 29.9 Å². The molecule has 0 aromatic carbocycles. The minimum atomic E-state index is -0.268. The van der Waals surface area contributed by atoms with Crippen molar-refractivity contribution in [1.29, 1.82) is 0 Å². The zero-order chi connectivity index (χ0) is 15.7. The monoisotopic (exact) mass is 302 g/mol. The van der Waals surface area contributed by atoms with Gasteiger partial charge in [0.05, 0.1) is 0 Å². The van der Waals surface area contributed by atoms with Crippen molar-refractivity contribution >= 4 is 5.91 Å². The number of nitrogens with zero attached hydrogens (tertiary/aromatic N) is 5. The van der Waals surface area contributed by atoms with E-state index in [1.165, 1.54) is 19.2 Å². The van der Waals surface area contributed by atoms with Gasteiger partial charge in [-0.25, -0.2) is 4.68 Å². The second-order valence-electron chi connectivity index (χ2n) is 5.39. The molecule has 1 aliphatic rings. The summed E-state index contributed by atoms with van der Waals surface area (Å²) in [7, 11) is 1.52. The topological polar surface area (TPSA) is 94.7 Å². The molecule has 3 heterocycles. The highest BCUT2D eigenvalue weighted by molar-refractivity contribution is 5.92. The average molecular weight is 302 g/mol. The SMILES string of the molecule is CCc1nnc2n1CC(NC(=O)c1ccc(=O)n(C)n1)CC2. The summed E-state index contributed by atoms with van der Waals surface area (Å²) >= 11 is 0. The van der Waals surface area contributed by atoms with E-state index in [0.29, 0.717) is 6.54 Å². The maximum absolute atomic E-state index is 12.3. The lowest BCUT2D eigenvalue weighted by Gasteiger charge is -2.25. The first kappa shape index (κ1) is 14.4. The van der Waals surface area contributed by atoms with Gasteiger partial charge in [0, 0.05) is 38.5 Å². The molecule has 0 aliphatic carbocycles. The lowest BCUT2D eigenvalue weighted by atomic mass is 10.1. The summed E-state index contributed by atoms with van der Waals surface area (Å²) in [5.41, 5.74) is 0.00306. The third-order valence-electron chi connectivity index (χ3n) is 3.87. The molecule has 1 aliphatic heterocycles. The third kappa shape index (κ3) is 2.63. The Bertz CT molecular complexity index is 749. The van der Waals surface area contributed by atoms with Gasteiger partial charge in [-0.15, -0.1) is 10.2 Å². The highest BCUT2D eigenvalue weighted by Crippen LogP contribution is 2.15. The zero-order valence-corrected chi connectivity index (χ0v) is 12.6. The number of aryl methyl sites for hydroxylation is 3. The molecule has 2 aromatic heterocycles. The second-order valence-corrected chi connectivity index (χ2v) is 5.39. The fourth-order valence-electron chi connectivity index (χ4n) is 2.65. The summed E-state index contributed by atoms with van der Waals surface area (Å²) in [6, 6.07) is 2.80. The van der Waals surface area contributed by atoms with Crippen LogP contribution in [0.1, 0.15) is 35.5 Å². The Morgan fingerprint density at radius 3 is 2.95 bits per heavy atom. The van der Waals surface area contributed by atoms with E-state index in [1.54, 1.807) is 0 Å². The van der Waals surface area contributed by atoms with Gasteiger partial charge in [-0.05, 0) is 12.5 Å². The predicted molar refractivity (Wildman–Crippen MR) is 78.5 cm³/mol. The molecule has 0 saturated carbocycles. The fraction of sp³-hybridized carbons (Fsp3) is 0.500. The van der Waals surface area contributed by atoms with Crippen LogP contribution in [0.2, 0.25) is 0 Å². The molecule has 116 valence electrons. The molecule has 1 amide bonds. The Kier molecular flexibility index (Phi) is 3.74. The molecule has 22 heavy (non-hydrogen) atoms. The minimum Gasteiger partial charge on any atom is -0.346 e. The Morgan fingerprint density at radius 1 is 1.41 bits per heavy atom. The molecule has 8 heteroatoms. The van der Waals surface area contributed by atoms with Crippen LogP contribution in [-0.2, 0) is 26.4 Å². The summed E-state index contributed by atoms with van der Waals surface area (Å²) in [4.78, 5) is 23.6. The van der Waals surface area contributed by atoms with Gasteiger partial charge in [-0.2, -0.15) is 5.10 Å². The van der Waals surface area contributed by atoms with Gasteiger partial charge in [-0.1, -0.05) is 6.92 Å². The molecule has 1 N–H and O–H groups in total. The van der Waals surface area contributed by atoms with Crippen molar-refractivity contribution in [2.45, 2.75) is 38.8 Å². The van der Waals surface area contributed by atoms with Crippen molar-refractivity contribution in [3.05, 3.63) is 39.8 Å². The van der Waals surface area contributed by atoms with E-state index in [-0.39, 0.29) is 23.2 Å². The van der Waals surface area contributed by atoms with Gasteiger partial charge in [0.2, 0.25) is 0 Å². The lowest BCUT2D eigenvalue weighted by Crippen LogP contribution is -2.42. The van der Waals surface area contributed by atoms with E-state index in [2.05, 4.69) is 25.2 Å². The van der Waals surface area contributed by atoms with Gasteiger partial charge in [0.1, 0.15) is 17.3 Å². The molecule has 1 atom stereocenters. The Morgan fingerprint density at radius 2 is 2.23 bits per heavy atom. The van der Waals surface area contributed by atoms with E-state index < -0.39 is 0 Å². The number of rotatable bonds is 3. The van der Waals surface area contributed by atoms with Gasteiger partial charge in [0.15, 0.2) is 0 Å². The van der Waals surface area contributed by atoms with Crippen LogP contribution in [0.15, 0.2) is 16.9 Å². The van der Waals surface area contributed by atoms with Crippen molar-refractivity contribution in [3.63, 3.8) is 0 Å². The number of hydrogen-bond acceptors (Lipinski definition) is 5.